The molecule has 2 aromatic carbocycles. The van der Waals surface area contributed by atoms with E-state index in [0.29, 0.717) is 25.2 Å². The highest BCUT2D eigenvalue weighted by Gasteiger charge is 2.28. The van der Waals surface area contributed by atoms with Crippen molar-refractivity contribution in [2.75, 3.05) is 19.3 Å². The summed E-state index contributed by atoms with van der Waals surface area (Å²) in [5, 5.41) is 3.04. The van der Waals surface area contributed by atoms with E-state index in [-0.39, 0.29) is 17.7 Å². The van der Waals surface area contributed by atoms with E-state index in [4.69, 9.17) is 0 Å². The van der Waals surface area contributed by atoms with Gasteiger partial charge in [0.2, 0.25) is 5.91 Å². The molecule has 0 radical (unpaired) electrons. The van der Waals surface area contributed by atoms with Crippen LogP contribution in [0.1, 0.15) is 39.9 Å². The molecule has 1 saturated heterocycles. The Kier molecular flexibility index (Phi) is 6.79. The monoisotopic (exact) mass is 396 g/mol. The molecule has 1 fully saturated rings. The first-order chi connectivity index (χ1) is 13.5. The molecule has 3 rings (SSSR count). The second-order valence-electron chi connectivity index (χ2n) is 7.53. The van der Waals surface area contributed by atoms with Crippen molar-refractivity contribution in [1.29, 1.82) is 0 Å². The average Bonchev–Trinajstić information content (AvgIpc) is 2.71. The number of nitrogens with one attached hydrogen (secondary N) is 1. The van der Waals surface area contributed by atoms with Crippen molar-refractivity contribution in [2.24, 2.45) is 5.92 Å². The predicted molar refractivity (Wildman–Crippen MR) is 115 cm³/mol. The van der Waals surface area contributed by atoms with Gasteiger partial charge >= 0.3 is 0 Å². The number of thioether (sulfide) groups is 1. The molecule has 0 unspecified atom stereocenters. The Morgan fingerprint density at radius 1 is 1.11 bits per heavy atom. The van der Waals surface area contributed by atoms with Crippen molar-refractivity contribution < 1.29 is 9.59 Å². The number of hydrogen-bond donors (Lipinski definition) is 1. The maximum absolute atomic E-state index is 12.9. The van der Waals surface area contributed by atoms with Crippen molar-refractivity contribution in [3.05, 3.63) is 64.7 Å². The highest BCUT2D eigenvalue weighted by atomic mass is 32.2. The standard InChI is InChI=1S/C23H28N2O2S/c1-16-11-17(2)13-20(12-16)23(27)25-10-4-5-19(15-25)22(26)24-14-18-6-8-21(28-3)9-7-18/h6-9,11-13,19H,4-5,10,14-15H2,1-3H3,(H,24,26)/t19-/m0/s1. The van der Waals surface area contributed by atoms with Crippen LogP contribution in [-0.2, 0) is 11.3 Å². The van der Waals surface area contributed by atoms with Gasteiger partial charge in [-0.2, -0.15) is 0 Å². The van der Waals surface area contributed by atoms with Crippen molar-refractivity contribution in [3.63, 3.8) is 0 Å². The molecule has 0 saturated carbocycles. The predicted octanol–water partition coefficient (Wildman–Crippen LogP) is 4.19. The molecule has 28 heavy (non-hydrogen) atoms. The van der Waals surface area contributed by atoms with E-state index in [1.807, 2.05) is 49.3 Å². The summed E-state index contributed by atoms with van der Waals surface area (Å²) < 4.78 is 0. The zero-order valence-electron chi connectivity index (χ0n) is 16.8. The maximum atomic E-state index is 12.9. The van der Waals surface area contributed by atoms with Gasteiger partial charge in [0.25, 0.3) is 5.91 Å². The number of carbonyl (C=O) groups excluding carboxylic acids is 2. The largest absolute Gasteiger partial charge is 0.352 e. The minimum Gasteiger partial charge on any atom is -0.352 e. The third-order valence-corrected chi connectivity index (χ3v) is 5.92. The number of nitrogens with zero attached hydrogens (tertiary/aromatic N) is 1. The van der Waals surface area contributed by atoms with Gasteiger partial charge in [0.05, 0.1) is 5.92 Å². The highest BCUT2D eigenvalue weighted by Crippen LogP contribution is 2.20. The molecule has 1 heterocycles. The van der Waals surface area contributed by atoms with Crippen LogP contribution in [0.15, 0.2) is 47.4 Å². The van der Waals surface area contributed by atoms with Crippen LogP contribution in [0.2, 0.25) is 0 Å². The third kappa shape index (κ3) is 5.16. The molecule has 1 N–H and O–H groups in total. The van der Waals surface area contributed by atoms with Crippen molar-refractivity contribution >= 4 is 23.6 Å². The SMILES string of the molecule is CSc1ccc(CNC(=O)[C@H]2CCCN(C(=O)c3cc(C)cc(C)c3)C2)cc1. The number of aryl methyl sites for hydroxylation is 2. The summed E-state index contributed by atoms with van der Waals surface area (Å²) in [5.74, 6) is -0.0853. The van der Waals surface area contributed by atoms with Crippen LogP contribution in [0.25, 0.3) is 0 Å². The summed E-state index contributed by atoms with van der Waals surface area (Å²) in [6.07, 6.45) is 3.73. The average molecular weight is 397 g/mol. The van der Waals surface area contributed by atoms with E-state index in [9.17, 15) is 9.59 Å². The van der Waals surface area contributed by atoms with Crippen LogP contribution in [-0.4, -0.2) is 36.1 Å². The summed E-state index contributed by atoms with van der Waals surface area (Å²) in [7, 11) is 0. The second kappa shape index (κ2) is 9.28. The Morgan fingerprint density at radius 2 is 1.79 bits per heavy atom. The number of piperidine rings is 1. The van der Waals surface area contributed by atoms with E-state index in [0.717, 1.165) is 29.5 Å². The van der Waals surface area contributed by atoms with Crippen LogP contribution in [0.5, 0.6) is 0 Å². The first-order valence-corrected chi connectivity index (χ1v) is 11.0. The topological polar surface area (TPSA) is 49.4 Å². The first kappa shape index (κ1) is 20.5. The summed E-state index contributed by atoms with van der Waals surface area (Å²) >= 11 is 1.70. The summed E-state index contributed by atoms with van der Waals surface area (Å²) in [6.45, 7) is 5.73. The van der Waals surface area contributed by atoms with Gasteiger partial charge in [0.1, 0.15) is 0 Å². The lowest BCUT2D eigenvalue weighted by atomic mass is 9.96. The Morgan fingerprint density at radius 3 is 2.43 bits per heavy atom. The van der Waals surface area contributed by atoms with Crippen LogP contribution in [0.4, 0.5) is 0 Å². The fourth-order valence-electron chi connectivity index (χ4n) is 3.73. The van der Waals surface area contributed by atoms with Gasteiger partial charge in [-0.1, -0.05) is 29.3 Å². The van der Waals surface area contributed by atoms with Gasteiger partial charge in [-0.25, -0.2) is 0 Å². The molecular weight excluding hydrogens is 368 g/mol. The maximum Gasteiger partial charge on any atom is 0.253 e. The lowest BCUT2D eigenvalue weighted by molar-refractivity contribution is -0.126. The van der Waals surface area contributed by atoms with Crippen LogP contribution >= 0.6 is 11.8 Å². The summed E-state index contributed by atoms with van der Waals surface area (Å²) in [4.78, 5) is 28.6. The van der Waals surface area contributed by atoms with Crippen molar-refractivity contribution in [1.82, 2.24) is 10.2 Å². The molecule has 4 nitrogen and oxygen atoms in total. The summed E-state index contributed by atoms with van der Waals surface area (Å²) in [6, 6.07) is 14.1. The first-order valence-electron chi connectivity index (χ1n) is 9.74. The number of carbonyl (C=O) groups is 2. The molecule has 148 valence electrons. The van der Waals surface area contributed by atoms with Crippen molar-refractivity contribution in [3.8, 4) is 0 Å². The van der Waals surface area contributed by atoms with E-state index >= 15 is 0 Å². The molecule has 5 heteroatoms. The molecule has 2 amide bonds. The Bertz CT molecular complexity index is 828. The molecular formula is C23H28N2O2S. The van der Waals surface area contributed by atoms with Gasteiger partial charge in [0.15, 0.2) is 0 Å². The molecule has 1 atom stereocenters. The molecule has 0 aromatic heterocycles. The third-order valence-electron chi connectivity index (χ3n) is 5.17. The number of likely N-dealkylation sites (tertiary alicyclic amines) is 1. The minimum absolute atomic E-state index is 0.0250. The minimum atomic E-state index is -0.144. The van der Waals surface area contributed by atoms with E-state index in [1.54, 1.807) is 11.8 Å². The smallest absolute Gasteiger partial charge is 0.253 e. The van der Waals surface area contributed by atoms with Crippen LogP contribution < -0.4 is 5.32 Å². The van der Waals surface area contributed by atoms with Crippen molar-refractivity contribution in [2.45, 2.75) is 38.1 Å². The zero-order valence-corrected chi connectivity index (χ0v) is 17.6. The number of rotatable bonds is 5. The van der Waals surface area contributed by atoms with Gasteiger partial charge in [0, 0.05) is 30.1 Å². The van der Waals surface area contributed by atoms with E-state index in [1.165, 1.54) is 4.90 Å². The van der Waals surface area contributed by atoms with Gasteiger partial charge in [-0.15, -0.1) is 11.8 Å². The van der Waals surface area contributed by atoms with Crippen LogP contribution in [0, 0.1) is 19.8 Å². The molecule has 1 aliphatic heterocycles. The Hall–Kier alpha value is -2.27. The number of amides is 2. The Balaban J connectivity index is 1.58. The molecule has 0 aliphatic carbocycles. The molecule has 0 bridgehead atoms. The van der Waals surface area contributed by atoms with Crippen LogP contribution in [0.3, 0.4) is 0 Å². The van der Waals surface area contributed by atoms with Gasteiger partial charge in [-0.3, -0.25) is 9.59 Å². The highest BCUT2D eigenvalue weighted by molar-refractivity contribution is 7.98. The normalized spacial score (nSPS) is 16.7. The molecule has 2 aromatic rings. The zero-order chi connectivity index (χ0) is 20.1. The van der Waals surface area contributed by atoms with Gasteiger partial charge in [-0.05, 0) is 62.8 Å². The second-order valence-corrected chi connectivity index (χ2v) is 8.41. The number of hydrogen-bond acceptors (Lipinski definition) is 3. The number of benzene rings is 2. The fourth-order valence-corrected chi connectivity index (χ4v) is 4.14. The summed E-state index contributed by atoms with van der Waals surface area (Å²) in [5.41, 5.74) is 3.97. The van der Waals surface area contributed by atoms with Gasteiger partial charge < -0.3 is 10.2 Å². The lowest BCUT2D eigenvalue weighted by Crippen LogP contribution is -2.45. The fraction of sp³-hybridized carbons (Fsp3) is 0.391. The quantitative estimate of drug-likeness (QED) is 0.771. The van der Waals surface area contributed by atoms with E-state index in [2.05, 4.69) is 23.5 Å². The Labute approximate surface area is 171 Å². The molecule has 1 aliphatic rings. The molecule has 0 spiro atoms. The van der Waals surface area contributed by atoms with E-state index < -0.39 is 0 Å². The lowest BCUT2D eigenvalue weighted by Gasteiger charge is -2.32.